The van der Waals surface area contributed by atoms with Crippen molar-refractivity contribution >= 4 is 23.2 Å². The lowest BCUT2D eigenvalue weighted by Crippen LogP contribution is -2.47. The molecular weight excluding hydrogens is 346 g/mol. The molecule has 0 aliphatic heterocycles. The van der Waals surface area contributed by atoms with E-state index in [2.05, 4.69) is 55.1 Å². The molecule has 0 radical (unpaired) electrons. The van der Waals surface area contributed by atoms with Crippen LogP contribution in [0.5, 0.6) is 0 Å². The zero-order valence-electron chi connectivity index (χ0n) is 15.4. The van der Waals surface area contributed by atoms with Gasteiger partial charge in [-0.1, -0.05) is 0 Å². The number of rotatable bonds is 6. The average Bonchev–Trinajstić information content (AvgIpc) is 2.64. The van der Waals surface area contributed by atoms with Crippen molar-refractivity contribution in [3.8, 4) is 6.07 Å². The van der Waals surface area contributed by atoms with Crippen molar-refractivity contribution in [3.05, 3.63) is 29.8 Å². The van der Waals surface area contributed by atoms with Crippen LogP contribution in [0.25, 0.3) is 0 Å². The summed E-state index contributed by atoms with van der Waals surface area (Å²) in [6.07, 6.45) is 4.79. The van der Waals surface area contributed by atoms with E-state index in [9.17, 15) is 4.79 Å². The number of anilines is 3. The van der Waals surface area contributed by atoms with E-state index in [1.807, 2.05) is 6.07 Å². The lowest BCUT2D eigenvalue weighted by Gasteiger charge is -2.40. The van der Waals surface area contributed by atoms with E-state index in [0.29, 0.717) is 23.4 Å². The molecule has 0 unspecified atom stereocenters. The number of carbonyl (C=O) groups excluding carboxylic acids is 1. The first-order chi connectivity index (χ1) is 13.0. The van der Waals surface area contributed by atoms with Gasteiger partial charge in [-0.15, -0.1) is 10.2 Å². The van der Waals surface area contributed by atoms with E-state index in [1.165, 1.54) is 12.4 Å². The summed E-state index contributed by atoms with van der Waals surface area (Å²) < 4.78 is 0. The molecule has 0 spiro atoms. The Labute approximate surface area is 157 Å². The molecule has 1 fully saturated rings. The van der Waals surface area contributed by atoms with Gasteiger partial charge >= 0.3 is 0 Å². The first-order valence-electron chi connectivity index (χ1n) is 8.52. The van der Waals surface area contributed by atoms with Crippen molar-refractivity contribution in [2.24, 2.45) is 0 Å². The van der Waals surface area contributed by atoms with Crippen LogP contribution in [0.3, 0.4) is 0 Å². The largest absolute Gasteiger partial charge is 0.380 e. The Hall–Kier alpha value is -3.32. The first kappa shape index (κ1) is 18.5. The van der Waals surface area contributed by atoms with Gasteiger partial charge in [-0.05, 0) is 26.9 Å². The van der Waals surface area contributed by atoms with Gasteiger partial charge < -0.3 is 20.9 Å². The fourth-order valence-electron chi connectivity index (χ4n) is 2.78. The minimum atomic E-state index is -0.307. The van der Waals surface area contributed by atoms with Gasteiger partial charge in [-0.3, -0.25) is 4.79 Å². The van der Waals surface area contributed by atoms with Gasteiger partial charge in [-0.25, -0.2) is 9.97 Å². The maximum absolute atomic E-state index is 12.1. The standard InChI is InChI=1S/C17H21N9O/c1-19-17(27)16-13(22-10-4-12(5-10)26(2)3)6-14(24-25-16)23-15-9-20-11(7-18)8-21-15/h6,8-10,12H,4-5H2,1-3H3,(H,19,27)(H2,21,22,23,24). The highest BCUT2D eigenvalue weighted by Crippen LogP contribution is 2.29. The molecule has 2 aromatic heterocycles. The third-order valence-corrected chi connectivity index (χ3v) is 4.46. The maximum atomic E-state index is 12.1. The van der Waals surface area contributed by atoms with Crippen LogP contribution in [0, 0.1) is 11.3 Å². The van der Waals surface area contributed by atoms with E-state index in [4.69, 9.17) is 5.26 Å². The van der Waals surface area contributed by atoms with E-state index < -0.39 is 0 Å². The minimum Gasteiger partial charge on any atom is -0.380 e. The predicted molar refractivity (Wildman–Crippen MR) is 99.6 cm³/mol. The molecular formula is C17H21N9O. The van der Waals surface area contributed by atoms with E-state index in [1.54, 1.807) is 13.1 Å². The summed E-state index contributed by atoms with van der Waals surface area (Å²) in [4.78, 5) is 22.3. The maximum Gasteiger partial charge on any atom is 0.273 e. The minimum absolute atomic E-state index is 0.226. The first-order valence-corrected chi connectivity index (χ1v) is 8.52. The van der Waals surface area contributed by atoms with Gasteiger partial charge in [0.1, 0.15) is 11.9 Å². The molecule has 0 bridgehead atoms. The van der Waals surface area contributed by atoms with E-state index >= 15 is 0 Å². The van der Waals surface area contributed by atoms with Crippen LogP contribution in [0.2, 0.25) is 0 Å². The molecule has 10 heteroatoms. The average molecular weight is 367 g/mol. The van der Waals surface area contributed by atoms with Crippen molar-refractivity contribution in [2.75, 3.05) is 31.8 Å². The SMILES string of the molecule is CNC(=O)c1nnc(Nc2cnc(C#N)cn2)cc1NC1CC(N(C)C)C1. The molecule has 1 aliphatic carbocycles. The van der Waals surface area contributed by atoms with Crippen LogP contribution in [0.4, 0.5) is 17.3 Å². The molecule has 1 saturated carbocycles. The quantitative estimate of drug-likeness (QED) is 0.676. The molecule has 3 rings (SSSR count). The second-order valence-corrected chi connectivity index (χ2v) is 6.52. The van der Waals surface area contributed by atoms with Crippen molar-refractivity contribution in [3.63, 3.8) is 0 Å². The van der Waals surface area contributed by atoms with Crippen LogP contribution in [-0.4, -0.2) is 64.2 Å². The summed E-state index contributed by atoms with van der Waals surface area (Å²) in [6.45, 7) is 0. The summed E-state index contributed by atoms with van der Waals surface area (Å²) in [5.74, 6) is 0.545. The Bertz CT molecular complexity index is 854. The van der Waals surface area contributed by atoms with Crippen molar-refractivity contribution in [2.45, 2.75) is 24.9 Å². The van der Waals surface area contributed by atoms with Gasteiger partial charge in [0.15, 0.2) is 17.2 Å². The number of nitrogens with zero attached hydrogens (tertiary/aromatic N) is 6. The molecule has 0 atom stereocenters. The highest BCUT2D eigenvalue weighted by Gasteiger charge is 2.31. The number of nitriles is 1. The lowest BCUT2D eigenvalue weighted by atomic mass is 9.86. The molecule has 0 saturated heterocycles. The third kappa shape index (κ3) is 4.27. The third-order valence-electron chi connectivity index (χ3n) is 4.46. The number of aromatic nitrogens is 4. The summed E-state index contributed by atoms with van der Waals surface area (Å²) >= 11 is 0. The predicted octanol–water partition coefficient (Wildman–Crippen LogP) is 0.746. The zero-order valence-corrected chi connectivity index (χ0v) is 15.4. The summed E-state index contributed by atoms with van der Waals surface area (Å²) in [5.41, 5.74) is 1.07. The van der Waals surface area contributed by atoms with Gasteiger partial charge in [0, 0.05) is 25.2 Å². The molecule has 3 N–H and O–H groups in total. The molecule has 2 heterocycles. The molecule has 1 amide bonds. The second kappa shape index (κ2) is 7.92. The van der Waals surface area contributed by atoms with E-state index in [0.717, 1.165) is 12.8 Å². The fourth-order valence-corrected chi connectivity index (χ4v) is 2.78. The van der Waals surface area contributed by atoms with Gasteiger partial charge in [-0.2, -0.15) is 5.26 Å². The molecule has 10 nitrogen and oxygen atoms in total. The highest BCUT2D eigenvalue weighted by molar-refractivity contribution is 5.97. The van der Waals surface area contributed by atoms with Gasteiger partial charge in [0.05, 0.1) is 18.1 Å². The Kier molecular flexibility index (Phi) is 5.42. The van der Waals surface area contributed by atoms with Crippen molar-refractivity contribution in [1.82, 2.24) is 30.4 Å². The normalized spacial score (nSPS) is 18.3. The Morgan fingerprint density at radius 2 is 2.00 bits per heavy atom. The number of carbonyl (C=O) groups is 1. The summed E-state index contributed by atoms with van der Waals surface area (Å²) in [5, 5.41) is 25.8. The zero-order chi connectivity index (χ0) is 19.4. The lowest BCUT2D eigenvalue weighted by molar-refractivity contribution is 0.0958. The monoisotopic (exact) mass is 367 g/mol. The van der Waals surface area contributed by atoms with Crippen molar-refractivity contribution in [1.29, 1.82) is 5.26 Å². The van der Waals surface area contributed by atoms with Gasteiger partial charge in [0.2, 0.25) is 0 Å². The summed E-state index contributed by atoms with van der Waals surface area (Å²) in [7, 11) is 5.68. The number of nitrogens with one attached hydrogen (secondary N) is 3. The topological polar surface area (TPSA) is 132 Å². The smallest absolute Gasteiger partial charge is 0.273 e. The number of amides is 1. The molecule has 27 heavy (non-hydrogen) atoms. The molecule has 140 valence electrons. The Morgan fingerprint density at radius 3 is 2.59 bits per heavy atom. The number of hydrogen-bond donors (Lipinski definition) is 3. The summed E-state index contributed by atoms with van der Waals surface area (Å²) in [6, 6.07) is 4.44. The highest BCUT2D eigenvalue weighted by atomic mass is 16.1. The number of hydrogen-bond acceptors (Lipinski definition) is 9. The molecule has 1 aliphatic rings. The Balaban J connectivity index is 1.77. The van der Waals surface area contributed by atoms with Crippen molar-refractivity contribution < 1.29 is 4.79 Å². The van der Waals surface area contributed by atoms with Crippen LogP contribution >= 0.6 is 0 Å². The molecule has 2 aromatic rings. The second-order valence-electron chi connectivity index (χ2n) is 6.52. The van der Waals surface area contributed by atoms with Crippen LogP contribution in [0.15, 0.2) is 18.5 Å². The Morgan fingerprint density at radius 1 is 1.22 bits per heavy atom. The van der Waals surface area contributed by atoms with Gasteiger partial charge in [0.25, 0.3) is 5.91 Å². The van der Waals surface area contributed by atoms with Crippen LogP contribution in [0.1, 0.15) is 29.0 Å². The van der Waals surface area contributed by atoms with E-state index in [-0.39, 0.29) is 23.3 Å². The fraction of sp³-hybridized carbons (Fsp3) is 0.412. The van der Waals surface area contributed by atoms with Crippen LogP contribution in [-0.2, 0) is 0 Å². The van der Waals surface area contributed by atoms with Crippen LogP contribution < -0.4 is 16.0 Å². The molecule has 0 aromatic carbocycles.